The maximum Gasteiger partial charge on any atom is 0.336 e. The highest BCUT2D eigenvalue weighted by Crippen LogP contribution is 1.88. The molecular weight excluding hydrogens is 438 g/mol. The molecule has 0 atom stereocenters. The quantitative estimate of drug-likeness (QED) is 0.227. The molecule has 0 aliphatic rings. The average molecular weight is 465 g/mol. The highest BCUT2D eigenvalue weighted by Gasteiger charge is 2.16. The molecule has 1 aromatic rings. The second kappa shape index (κ2) is 14.2. The molecule has 12 heteroatoms. The molecule has 1 heterocycles. The molecule has 0 spiro atoms. The summed E-state index contributed by atoms with van der Waals surface area (Å²) in [5.41, 5.74) is -2.89. The van der Waals surface area contributed by atoms with Gasteiger partial charge in [0.2, 0.25) is 0 Å². The van der Waals surface area contributed by atoms with Gasteiger partial charge in [0.15, 0.2) is 0 Å². The largest absolute Gasteiger partial charge is 0.461 e. The van der Waals surface area contributed by atoms with Crippen LogP contribution in [0, 0.1) is 0 Å². The molecule has 12 nitrogen and oxygen atoms in total. The van der Waals surface area contributed by atoms with Crippen molar-refractivity contribution in [3.05, 3.63) is 67.9 Å². The molecule has 0 aliphatic heterocycles. The zero-order valence-electron chi connectivity index (χ0n) is 18.7. The van der Waals surface area contributed by atoms with Gasteiger partial charge in [-0.05, 0) is 20.8 Å². The first kappa shape index (κ1) is 27.1. The van der Waals surface area contributed by atoms with E-state index in [1.165, 1.54) is 36.5 Å². The van der Waals surface area contributed by atoms with Crippen LogP contribution in [0.25, 0.3) is 0 Å². The summed E-state index contributed by atoms with van der Waals surface area (Å²) in [6, 6.07) is 0. The number of rotatable bonds is 12. The Balaban J connectivity index is 3.21. The van der Waals surface area contributed by atoms with E-state index in [9.17, 15) is 28.8 Å². The monoisotopic (exact) mass is 465 g/mol. The van der Waals surface area contributed by atoms with Gasteiger partial charge in [0.25, 0.3) is 0 Å². The Kier molecular flexibility index (Phi) is 11.6. The second-order valence-electron chi connectivity index (χ2n) is 6.31. The summed E-state index contributed by atoms with van der Waals surface area (Å²) in [7, 11) is 0. The molecular formula is C21H27N3O9. The number of carbonyl (C=O) groups excluding carboxylic acids is 3. The van der Waals surface area contributed by atoms with Crippen LogP contribution < -0.4 is 17.1 Å². The van der Waals surface area contributed by atoms with Crippen LogP contribution in [0.1, 0.15) is 20.8 Å². The minimum Gasteiger partial charge on any atom is -0.461 e. The molecule has 0 aliphatic carbocycles. The number of esters is 3. The van der Waals surface area contributed by atoms with E-state index in [1.807, 2.05) is 0 Å². The van der Waals surface area contributed by atoms with E-state index in [0.717, 1.165) is 0 Å². The van der Waals surface area contributed by atoms with E-state index < -0.39 is 35.0 Å². The maximum absolute atomic E-state index is 12.7. The standard InChI is InChI=1S/C21H27N3O9/c1-4-7-16(25)31-13-10-22-19(28)23(11-14-32-17(26)8-5-2)21(30)24(20(22)29)12-15-33-18(27)9-6-3/h4-9H,10-15H2,1-3H3. The molecule has 0 saturated heterocycles. The molecule has 0 unspecified atom stereocenters. The van der Waals surface area contributed by atoms with Crippen molar-refractivity contribution >= 4 is 17.9 Å². The summed E-state index contributed by atoms with van der Waals surface area (Å²) in [5.74, 6) is -1.98. The molecule has 0 fully saturated rings. The molecule has 0 amide bonds. The number of hydrogen-bond acceptors (Lipinski definition) is 9. The Labute approximate surface area is 189 Å². The smallest absolute Gasteiger partial charge is 0.336 e. The molecule has 180 valence electrons. The van der Waals surface area contributed by atoms with Crippen LogP contribution in [0.15, 0.2) is 50.8 Å². The van der Waals surface area contributed by atoms with Crippen LogP contribution in [-0.2, 0) is 48.2 Å². The molecule has 1 rings (SSSR count). The van der Waals surface area contributed by atoms with Crippen molar-refractivity contribution < 1.29 is 28.6 Å². The average Bonchev–Trinajstić information content (AvgIpc) is 2.76. The highest BCUT2D eigenvalue weighted by atomic mass is 16.5. The van der Waals surface area contributed by atoms with Gasteiger partial charge < -0.3 is 14.2 Å². The summed E-state index contributed by atoms with van der Waals surface area (Å²) < 4.78 is 16.9. The molecule has 0 bridgehead atoms. The topological polar surface area (TPSA) is 145 Å². The molecule has 0 radical (unpaired) electrons. The lowest BCUT2D eigenvalue weighted by molar-refractivity contribution is -0.138. The van der Waals surface area contributed by atoms with Gasteiger partial charge in [0, 0.05) is 18.2 Å². The van der Waals surface area contributed by atoms with Crippen LogP contribution in [0.4, 0.5) is 0 Å². The van der Waals surface area contributed by atoms with Crippen LogP contribution >= 0.6 is 0 Å². The van der Waals surface area contributed by atoms with Crippen molar-refractivity contribution in [3.8, 4) is 0 Å². The predicted octanol–water partition coefficient (Wildman–Crippen LogP) is -0.470. The summed E-state index contributed by atoms with van der Waals surface area (Å²) in [6.45, 7) is 2.98. The zero-order valence-corrected chi connectivity index (χ0v) is 18.7. The summed E-state index contributed by atoms with van der Waals surface area (Å²) >= 11 is 0. The first-order valence-corrected chi connectivity index (χ1v) is 10.1. The summed E-state index contributed by atoms with van der Waals surface area (Å²) in [5, 5.41) is 0. The third-order valence-corrected chi connectivity index (χ3v) is 3.97. The normalized spacial score (nSPS) is 11.4. The minimum atomic E-state index is -0.962. The third-order valence-electron chi connectivity index (χ3n) is 3.97. The van der Waals surface area contributed by atoms with Gasteiger partial charge in [0.05, 0.1) is 19.6 Å². The lowest BCUT2D eigenvalue weighted by atomic mass is 10.5. The van der Waals surface area contributed by atoms with Crippen LogP contribution in [-0.4, -0.2) is 51.4 Å². The summed E-state index contributed by atoms with van der Waals surface area (Å²) in [6.07, 6.45) is 7.89. The first-order valence-electron chi connectivity index (χ1n) is 10.1. The van der Waals surface area contributed by atoms with Crippen molar-refractivity contribution in [3.63, 3.8) is 0 Å². The number of hydrogen-bond donors (Lipinski definition) is 0. The Morgan fingerprint density at radius 1 is 0.576 bits per heavy atom. The van der Waals surface area contributed by atoms with Gasteiger partial charge in [0.1, 0.15) is 19.8 Å². The number of allylic oxidation sites excluding steroid dienone is 3. The Hall–Kier alpha value is -3.96. The van der Waals surface area contributed by atoms with E-state index in [0.29, 0.717) is 13.7 Å². The van der Waals surface area contributed by atoms with Crippen LogP contribution in [0.5, 0.6) is 0 Å². The minimum absolute atomic E-state index is 0.302. The Morgan fingerprint density at radius 2 is 0.818 bits per heavy atom. The van der Waals surface area contributed by atoms with Crippen molar-refractivity contribution in [2.45, 2.75) is 40.4 Å². The number of carbonyl (C=O) groups is 3. The molecule has 33 heavy (non-hydrogen) atoms. The molecule has 0 N–H and O–H groups in total. The fourth-order valence-corrected chi connectivity index (χ4v) is 2.52. The highest BCUT2D eigenvalue weighted by molar-refractivity contribution is 5.82. The van der Waals surface area contributed by atoms with Crippen molar-refractivity contribution in [1.82, 2.24) is 13.7 Å². The first-order chi connectivity index (χ1) is 15.8. The maximum atomic E-state index is 12.7. The Bertz CT molecular complexity index is 935. The van der Waals surface area contributed by atoms with E-state index in [-0.39, 0.29) is 39.5 Å². The molecule has 1 aromatic heterocycles. The van der Waals surface area contributed by atoms with E-state index in [2.05, 4.69) is 0 Å². The number of nitrogens with zero attached hydrogens (tertiary/aromatic N) is 3. The van der Waals surface area contributed by atoms with Crippen molar-refractivity contribution in [2.75, 3.05) is 19.8 Å². The van der Waals surface area contributed by atoms with Gasteiger partial charge in [-0.15, -0.1) is 0 Å². The van der Waals surface area contributed by atoms with Gasteiger partial charge in [-0.2, -0.15) is 0 Å². The van der Waals surface area contributed by atoms with Gasteiger partial charge in [-0.3, -0.25) is 0 Å². The third kappa shape index (κ3) is 8.59. The van der Waals surface area contributed by atoms with Gasteiger partial charge in [-0.1, -0.05) is 18.2 Å². The summed E-state index contributed by atoms with van der Waals surface area (Å²) in [4.78, 5) is 72.6. The van der Waals surface area contributed by atoms with E-state index in [1.54, 1.807) is 20.8 Å². The fraction of sp³-hybridized carbons (Fsp3) is 0.429. The lowest BCUT2D eigenvalue weighted by Gasteiger charge is -2.14. The predicted molar refractivity (Wildman–Crippen MR) is 117 cm³/mol. The van der Waals surface area contributed by atoms with E-state index >= 15 is 0 Å². The van der Waals surface area contributed by atoms with Crippen LogP contribution in [0.3, 0.4) is 0 Å². The van der Waals surface area contributed by atoms with Crippen molar-refractivity contribution in [1.29, 1.82) is 0 Å². The number of aromatic nitrogens is 3. The van der Waals surface area contributed by atoms with Gasteiger partial charge in [-0.25, -0.2) is 42.5 Å². The van der Waals surface area contributed by atoms with E-state index in [4.69, 9.17) is 14.2 Å². The lowest BCUT2D eigenvalue weighted by Crippen LogP contribution is -2.55. The molecule has 0 saturated carbocycles. The zero-order chi connectivity index (χ0) is 24.8. The number of ether oxygens (including phenoxy) is 3. The van der Waals surface area contributed by atoms with Gasteiger partial charge >= 0.3 is 35.0 Å². The SMILES string of the molecule is CC=CC(=O)OCCn1c(=O)n(CCOC(=O)C=CC)c(=O)n(CCOC(=O)C=CC)c1=O. The van der Waals surface area contributed by atoms with Crippen molar-refractivity contribution in [2.24, 2.45) is 0 Å². The molecule has 0 aromatic carbocycles. The second-order valence-corrected chi connectivity index (χ2v) is 6.31. The Morgan fingerprint density at radius 3 is 1.03 bits per heavy atom. The fourth-order valence-electron chi connectivity index (χ4n) is 2.52. The van der Waals surface area contributed by atoms with Crippen LogP contribution in [0.2, 0.25) is 0 Å².